The molecule has 0 saturated heterocycles. The number of nitrogens with one attached hydrogen (secondary N) is 1. The molecule has 0 atom stereocenters. The highest BCUT2D eigenvalue weighted by Crippen LogP contribution is 2.19. The van der Waals surface area contributed by atoms with E-state index in [0.29, 0.717) is 5.82 Å². The number of pyridine rings is 1. The van der Waals surface area contributed by atoms with E-state index >= 15 is 0 Å². The average molecular weight is 233 g/mol. The van der Waals surface area contributed by atoms with Gasteiger partial charge in [0.1, 0.15) is 10.8 Å². The normalized spacial score (nSPS) is 10.1. The number of hydrazine groups is 1. The summed E-state index contributed by atoms with van der Waals surface area (Å²) in [5.41, 5.74) is 3.61. The number of hydrogen-bond donors (Lipinski definition) is 2. The summed E-state index contributed by atoms with van der Waals surface area (Å²) in [5, 5.41) is 0.906. The third-order valence-corrected chi connectivity index (χ3v) is 2.88. The van der Waals surface area contributed by atoms with Crippen molar-refractivity contribution >= 4 is 17.6 Å². The number of nitrogens with zero attached hydrogens (tertiary/aromatic N) is 3. The maximum absolute atomic E-state index is 5.23. The van der Waals surface area contributed by atoms with E-state index in [9.17, 15) is 0 Å². The second kappa shape index (κ2) is 5.43. The molecular formula is C10H11N5S. The Bertz CT molecular complexity index is 431. The molecule has 0 radical (unpaired) electrons. The van der Waals surface area contributed by atoms with Crippen molar-refractivity contribution < 1.29 is 0 Å². The Morgan fingerprint density at radius 1 is 1.19 bits per heavy atom. The third-order valence-electron chi connectivity index (χ3n) is 1.90. The molecule has 82 valence electrons. The number of thioether (sulfide) groups is 1. The van der Waals surface area contributed by atoms with Crippen molar-refractivity contribution in [1.29, 1.82) is 0 Å². The van der Waals surface area contributed by atoms with Gasteiger partial charge < -0.3 is 5.43 Å². The minimum absolute atomic E-state index is 0.660. The van der Waals surface area contributed by atoms with Gasteiger partial charge in [-0.2, -0.15) is 0 Å². The predicted molar refractivity (Wildman–Crippen MR) is 63.6 cm³/mol. The summed E-state index contributed by atoms with van der Waals surface area (Å²) in [6.07, 6.45) is 6.88. The Morgan fingerprint density at radius 3 is 2.75 bits per heavy atom. The van der Waals surface area contributed by atoms with E-state index in [0.717, 1.165) is 16.3 Å². The molecule has 2 aromatic heterocycles. The van der Waals surface area contributed by atoms with Crippen LogP contribution < -0.4 is 11.3 Å². The number of aromatic nitrogens is 3. The van der Waals surface area contributed by atoms with Crippen molar-refractivity contribution in [2.24, 2.45) is 5.84 Å². The van der Waals surface area contributed by atoms with E-state index in [4.69, 9.17) is 5.84 Å². The first-order chi connectivity index (χ1) is 7.88. The lowest BCUT2D eigenvalue weighted by molar-refractivity contribution is 1.05. The van der Waals surface area contributed by atoms with Crippen LogP contribution in [-0.4, -0.2) is 15.0 Å². The van der Waals surface area contributed by atoms with Crippen LogP contribution in [0.4, 0.5) is 5.82 Å². The van der Waals surface area contributed by atoms with E-state index in [1.54, 1.807) is 36.5 Å². The molecule has 0 bridgehead atoms. The number of nitrogens with two attached hydrogens (primary N) is 1. The van der Waals surface area contributed by atoms with Crippen molar-refractivity contribution in [3.63, 3.8) is 0 Å². The van der Waals surface area contributed by atoms with Gasteiger partial charge in [0.25, 0.3) is 0 Å². The highest BCUT2D eigenvalue weighted by molar-refractivity contribution is 7.98. The molecule has 2 aromatic rings. The van der Waals surface area contributed by atoms with Crippen molar-refractivity contribution in [1.82, 2.24) is 15.0 Å². The maximum atomic E-state index is 5.23. The summed E-state index contributed by atoms with van der Waals surface area (Å²) < 4.78 is 0. The molecule has 16 heavy (non-hydrogen) atoms. The van der Waals surface area contributed by atoms with Gasteiger partial charge in [-0.25, -0.2) is 15.8 Å². The summed E-state index contributed by atoms with van der Waals surface area (Å²) in [6, 6.07) is 3.82. The molecule has 2 rings (SSSR count). The van der Waals surface area contributed by atoms with Crippen LogP contribution in [0.5, 0.6) is 0 Å². The average Bonchev–Trinajstić information content (AvgIpc) is 2.38. The van der Waals surface area contributed by atoms with Crippen molar-refractivity contribution in [3.8, 4) is 0 Å². The third kappa shape index (κ3) is 2.91. The summed E-state index contributed by atoms with van der Waals surface area (Å²) in [6.45, 7) is 0. The van der Waals surface area contributed by atoms with Crippen LogP contribution >= 0.6 is 11.8 Å². The van der Waals surface area contributed by atoms with E-state index in [2.05, 4.69) is 20.4 Å². The van der Waals surface area contributed by atoms with Gasteiger partial charge in [0.05, 0.1) is 6.20 Å². The van der Waals surface area contributed by atoms with E-state index in [-0.39, 0.29) is 0 Å². The van der Waals surface area contributed by atoms with Gasteiger partial charge in [-0.15, -0.1) is 11.8 Å². The molecule has 6 heteroatoms. The smallest absolute Gasteiger partial charge is 0.139 e. The first-order valence-corrected chi connectivity index (χ1v) is 5.67. The molecule has 0 unspecified atom stereocenters. The highest BCUT2D eigenvalue weighted by Gasteiger charge is 1.98. The lowest BCUT2D eigenvalue weighted by atomic mass is 10.3. The minimum atomic E-state index is 0.660. The Balaban J connectivity index is 1.94. The summed E-state index contributed by atoms with van der Waals surface area (Å²) >= 11 is 1.62. The number of nitrogen functional groups attached to an aromatic ring is 1. The van der Waals surface area contributed by atoms with Crippen LogP contribution in [0.3, 0.4) is 0 Å². The van der Waals surface area contributed by atoms with Crippen molar-refractivity contribution in [2.75, 3.05) is 5.43 Å². The Labute approximate surface area is 97.5 Å². The zero-order valence-electron chi connectivity index (χ0n) is 8.50. The summed E-state index contributed by atoms with van der Waals surface area (Å²) in [4.78, 5) is 12.3. The molecule has 0 aromatic carbocycles. The van der Waals surface area contributed by atoms with Gasteiger partial charge in [-0.05, 0) is 11.6 Å². The van der Waals surface area contributed by atoms with E-state index in [1.165, 1.54) is 0 Å². The number of anilines is 1. The largest absolute Gasteiger partial charge is 0.308 e. The van der Waals surface area contributed by atoms with Crippen molar-refractivity contribution in [2.45, 2.75) is 10.8 Å². The molecule has 0 aliphatic carbocycles. The van der Waals surface area contributed by atoms with Crippen LogP contribution in [0, 0.1) is 0 Å². The Morgan fingerprint density at radius 2 is 2.12 bits per heavy atom. The first kappa shape index (κ1) is 10.8. The number of rotatable bonds is 4. The van der Waals surface area contributed by atoms with Gasteiger partial charge in [0.15, 0.2) is 0 Å². The van der Waals surface area contributed by atoms with Gasteiger partial charge in [0, 0.05) is 24.3 Å². The monoisotopic (exact) mass is 233 g/mol. The molecule has 0 spiro atoms. The van der Waals surface area contributed by atoms with Crippen LogP contribution in [0.1, 0.15) is 5.56 Å². The fraction of sp³-hybridized carbons (Fsp3) is 0.100. The molecule has 0 saturated carbocycles. The minimum Gasteiger partial charge on any atom is -0.308 e. The quantitative estimate of drug-likeness (QED) is 0.473. The van der Waals surface area contributed by atoms with Gasteiger partial charge in [-0.3, -0.25) is 4.98 Å². The Hall–Kier alpha value is -1.66. The van der Waals surface area contributed by atoms with Gasteiger partial charge in [0.2, 0.25) is 0 Å². The highest BCUT2D eigenvalue weighted by atomic mass is 32.2. The molecule has 0 fully saturated rings. The SMILES string of the molecule is NNc1ccc(CSc2cnccn2)cn1. The lowest BCUT2D eigenvalue weighted by Crippen LogP contribution is -2.08. The second-order valence-electron chi connectivity index (χ2n) is 3.03. The van der Waals surface area contributed by atoms with Crippen LogP contribution in [0.25, 0.3) is 0 Å². The van der Waals surface area contributed by atoms with E-state index < -0.39 is 0 Å². The standard InChI is InChI=1S/C10H11N5S/c11-15-9-2-1-8(5-14-9)7-16-10-6-12-3-4-13-10/h1-6H,7,11H2,(H,14,15). The zero-order chi connectivity index (χ0) is 11.2. The summed E-state index contributed by atoms with van der Waals surface area (Å²) in [7, 11) is 0. The van der Waals surface area contributed by atoms with Crippen LogP contribution in [-0.2, 0) is 5.75 Å². The first-order valence-electron chi connectivity index (χ1n) is 4.69. The van der Waals surface area contributed by atoms with Crippen LogP contribution in [0.15, 0.2) is 41.9 Å². The van der Waals surface area contributed by atoms with Gasteiger partial charge in [-0.1, -0.05) is 6.07 Å². The fourth-order valence-corrected chi connectivity index (χ4v) is 1.87. The molecule has 0 aliphatic heterocycles. The number of hydrogen-bond acceptors (Lipinski definition) is 6. The molecule has 0 aliphatic rings. The van der Waals surface area contributed by atoms with E-state index in [1.807, 2.05) is 12.1 Å². The zero-order valence-corrected chi connectivity index (χ0v) is 9.31. The van der Waals surface area contributed by atoms with Gasteiger partial charge >= 0.3 is 0 Å². The maximum Gasteiger partial charge on any atom is 0.139 e. The molecular weight excluding hydrogens is 222 g/mol. The topological polar surface area (TPSA) is 76.7 Å². The Kier molecular flexibility index (Phi) is 3.68. The van der Waals surface area contributed by atoms with Crippen molar-refractivity contribution in [3.05, 3.63) is 42.5 Å². The fourth-order valence-electron chi connectivity index (χ4n) is 1.11. The second-order valence-corrected chi connectivity index (χ2v) is 4.02. The molecule has 3 N–H and O–H groups in total. The molecule has 2 heterocycles. The summed E-state index contributed by atoms with van der Waals surface area (Å²) in [5.74, 6) is 6.71. The predicted octanol–water partition coefficient (Wildman–Crippen LogP) is 1.45. The molecule has 0 amide bonds. The lowest BCUT2D eigenvalue weighted by Gasteiger charge is -2.02. The molecule has 5 nitrogen and oxygen atoms in total. The van der Waals surface area contributed by atoms with Crippen LogP contribution in [0.2, 0.25) is 0 Å².